The number of carbonyl (C=O) groups is 1. The summed E-state index contributed by atoms with van der Waals surface area (Å²) in [6.45, 7) is 0. The average Bonchev–Trinajstić information content (AvgIpc) is 2.48. The predicted molar refractivity (Wildman–Crippen MR) is 87.3 cm³/mol. The molecule has 0 heterocycles. The van der Waals surface area contributed by atoms with Crippen molar-refractivity contribution in [3.05, 3.63) is 45.8 Å². The Morgan fingerprint density at radius 2 is 1.90 bits per heavy atom. The largest absolute Gasteiger partial charge is 0.495 e. The van der Waals surface area contributed by atoms with Crippen LogP contribution in [0.2, 0.25) is 0 Å². The smallest absolute Gasteiger partial charge is 0.150 e. The number of allylic oxidation sites excluding steroid dienone is 1. The van der Waals surface area contributed by atoms with Gasteiger partial charge in [0, 0.05) is 5.56 Å². The molecule has 0 aliphatic heterocycles. The molecule has 1 aromatic rings. The van der Waals surface area contributed by atoms with Crippen LogP contribution in [-0.2, 0) is 0 Å². The number of hydrogen-bond donors (Lipinski definition) is 4. The first-order chi connectivity index (χ1) is 9.97. The van der Waals surface area contributed by atoms with E-state index in [-0.39, 0.29) is 10.3 Å². The van der Waals surface area contributed by atoms with Crippen LogP contribution in [0.25, 0.3) is 0 Å². The van der Waals surface area contributed by atoms with Crippen LogP contribution in [0.1, 0.15) is 10.4 Å². The minimum atomic E-state index is -0.00915. The van der Waals surface area contributed by atoms with Crippen molar-refractivity contribution in [1.29, 1.82) is 0 Å². The van der Waals surface area contributed by atoms with Gasteiger partial charge in [-0.05, 0) is 31.3 Å². The highest BCUT2D eigenvalue weighted by atomic mass is 35.5. The number of nitrogens with two attached hydrogens (primary N) is 3. The first-order valence-corrected chi connectivity index (χ1v) is 6.49. The zero-order valence-electron chi connectivity index (χ0n) is 11.7. The van der Waals surface area contributed by atoms with E-state index in [2.05, 4.69) is 11.1 Å². The molecule has 0 aliphatic carbocycles. The number of anilines is 1. The van der Waals surface area contributed by atoms with Gasteiger partial charge < -0.3 is 27.3 Å². The van der Waals surface area contributed by atoms with E-state index in [0.717, 1.165) is 6.29 Å². The fraction of sp³-hybridized carbons (Fsp3) is 0.154. The lowest BCUT2D eigenvalue weighted by molar-refractivity contribution is 0.112. The van der Waals surface area contributed by atoms with Crippen LogP contribution in [0.3, 0.4) is 0 Å². The molecule has 0 aliphatic rings. The van der Waals surface area contributed by atoms with E-state index < -0.39 is 0 Å². The van der Waals surface area contributed by atoms with Gasteiger partial charge >= 0.3 is 0 Å². The second kappa shape index (κ2) is 9.93. The summed E-state index contributed by atoms with van der Waals surface area (Å²) >= 11 is 11.3. The molecule has 0 unspecified atom stereocenters. The zero-order valence-corrected chi connectivity index (χ0v) is 13.2. The Balaban J connectivity index is 0.00000191. The molecule has 0 amide bonds. The summed E-state index contributed by atoms with van der Waals surface area (Å²) in [6, 6.07) is 4.85. The zero-order chi connectivity index (χ0) is 16.4. The minimum absolute atomic E-state index is 0.00915. The number of rotatable bonds is 5. The first-order valence-electron chi connectivity index (χ1n) is 5.73. The monoisotopic (exact) mass is 332 g/mol. The molecule has 0 aromatic heterocycles. The van der Waals surface area contributed by atoms with Crippen LogP contribution < -0.4 is 27.3 Å². The first kappa shape index (κ1) is 19.1. The van der Waals surface area contributed by atoms with Crippen molar-refractivity contribution in [1.82, 2.24) is 0 Å². The Labute approximate surface area is 133 Å². The Hall–Kier alpha value is -1.89. The third kappa shape index (κ3) is 6.40. The highest BCUT2D eigenvalue weighted by Gasteiger charge is 2.07. The molecule has 21 heavy (non-hydrogen) atoms. The normalized spacial score (nSPS) is 11.8. The van der Waals surface area contributed by atoms with Crippen molar-refractivity contribution in [3.63, 3.8) is 0 Å². The molecule has 0 atom stereocenters. The molecular weight excluding hydrogens is 315 g/mol. The van der Waals surface area contributed by atoms with Gasteiger partial charge in [0.05, 0.1) is 18.5 Å². The van der Waals surface area contributed by atoms with Crippen LogP contribution in [0.5, 0.6) is 5.75 Å². The molecule has 0 radical (unpaired) electrons. The molecule has 1 aromatic carbocycles. The van der Waals surface area contributed by atoms with Gasteiger partial charge in [0.25, 0.3) is 0 Å². The lowest BCUT2D eigenvalue weighted by Gasteiger charge is -2.13. The summed E-state index contributed by atoms with van der Waals surface area (Å²) < 4.78 is 5.16. The minimum Gasteiger partial charge on any atom is -0.495 e. The highest BCUT2D eigenvalue weighted by Crippen LogP contribution is 2.27. The number of nitrogens with one attached hydrogen (secondary N) is 1. The van der Waals surface area contributed by atoms with E-state index in [1.807, 2.05) is 0 Å². The molecular formula is C13H18Cl2N4O2. The molecule has 0 bridgehead atoms. The number of benzene rings is 1. The molecule has 6 nitrogen and oxygen atoms in total. The Kier molecular flexibility index (Phi) is 9.03. The molecule has 8 heteroatoms. The van der Waals surface area contributed by atoms with Crippen LogP contribution in [-0.4, -0.2) is 20.4 Å². The Bertz CT molecular complexity index is 537. The molecule has 0 saturated carbocycles. The predicted octanol–water partition coefficient (Wildman–Crippen LogP) is 1.90. The third-order valence-electron chi connectivity index (χ3n) is 2.17. The highest BCUT2D eigenvalue weighted by molar-refractivity contribution is 6.31. The number of halogens is 2. The molecule has 0 fully saturated rings. The molecule has 1 rings (SSSR count). The number of methoxy groups -OCH3 is 1. The fourth-order valence-electron chi connectivity index (χ4n) is 1.33. The standard InChI is InChI=1S/C12H13Cl2N3O2.CH5N/c1-19-10-4-7(6-18)2-3-8(10)17-9(12(14)16)5-11(13)15;1-2/h2-6,17H,15-16H2,1H3;2H2,1H3/b11-5-,12-9+;. The van der Waals surface area contributed by atoms with Crippen LogP contribution in [0.4, 0.5) is 5.69 Å². The van der Waals surface area contributed by atoms with Crippen LogP contribution in [0.15, 0.2) is 40.3 Å². The molecule has 7 N–H and O–H groups in total. The van der Waals surface area contributed by atoms with Gasteiger partial charge in [-0.3, -0.25) is 4.79 Å². The second-order valence-corrected chi connectivity index (χ2v) is 4.34. The summed E-state index contributed by atoms with van der Waals surface area (Å²) in [6.07, 6.45) is 2.09. The van der Waals surface area contributed by atoms with Crippen molar-refractivity contribution in [2.24, 2.45) is 17.2 Å². The van der Waals surface area contributed by atoms with E-state index in [0.29, 0.717) is 22.7 Å². The van der Waals surface area contributed by atoms with Crippen molar-refractivity contribution >= 4 is 35.2 Å². The van der Waals surface area contributed by atoms with Gasteiger partial charge in [0.1, 0.15) is 22.3 Å². The number of ether oxygens (including phenoxy) is 1. The van der Waals surface area contributed by atoms with Crippen molar-refractivity contribution in [3.8, 4) is 5.75 Å². The quantitative estimate of drug-likeness (QED) is 0.371. The molecule has 116 valence electrons. The van der Waals surface area contributed by atoms with Gasteiger partial charge in [-0.25, -0.2) is 0 Å². The van der Waals surface area contributed by atoms with Gasteiger partial charge in [-0.1, -0.05) is 23.2 Å². The number of aldehydes is 1. The van der Waals surface area contributed by atoms with Gasteiger partial charge in [-0.15, -0.1) is 0 Å². The van der Waals surface area contributed by atoms with E-state index in [4.69, 9.17) is 39.4 Å². The number of hydrogen-bond acceptors (Lipinski definition) is 6. The summed E-state index contributed by atoms with van der Waals surface area (Å²) in [5, 5.41) is 2.94. The molecule has 0 spiro atoms. The Morgan fingerprint density at radius 1 is 1.29 bits per heavy atom. The lowest BCUT2D eigenvalue weighted by atomic mass is 10.2. The maximum Gasteiger partial charge on any atom is 0.150 e. The van der Waals surface area contributed by atoms with Crippen molar-refractivity contribution in [2.75, 3.05) is 19.5 Å². The van der Waals surface area contributed by atoms with Crippen LogP contribution in [0, 0.1) is 0 Å². The van der Waals surface area contributed by atoms with E-state index in [9.17, 15) is 4.79 Å². The summed E-state index contributed by atoms with van der Waals surface area (Å²) in [7, 11) is 2.98. The van der Waals surface area contributed by atoms with Crippen molar-refractivity contribution < 1.29 is 9.53 Å². The van der Waals surface area contributed by atoms with Crippen molar-refractivity contribution in [2.45, 2.75) is 0 Å². The maximum absolute atomic E-state index is 10.7. The third-order valence-corrected chi connectivity index (χ3v) is 2.48. The summed E-state index contributed by atoms with van der Waals surface area (Å²) in [4.78, 5) is 10.7. The summed E-state index contributed by atoms with van der Waals surface area (Å²) in [5.41, 5.74) is 16.7. The topological polar surface area (TPSA) is 116 Å². The number of carbonyl (C=O) groups excluding carboxylic acids is 1. The lowest BCUT2D eigenvalue weighted by Crippen LogP contribution is -2.07. The van der Waals surface area contributed by atoms with E-state index in [1.54, 1.807) is 18.2 Å². The maximum atomic E-state index is 10.7. The molecule has 0 saturated heterocycles. The fourth-order valence-corrected chi connectivity index (χ4v) is 1.54. The van der Waals surface area contributed by atoms with E-state index in [1.165, 1.54) is 20.2 Å². The van der Waals surface area contributed by atoms with E-state index >= 15 is 0 Å². The van der Waals surface area contributed by atoms with Gasteiger partial charge in [-0.2, -0.15) is 0 Å². The van der Waals surface area contributed by atoms with Crippen LogP contribution >= 0.6 is 23.2 Å². The SMILES string of the molecule is CN.COc1cc(C=O)ccc1NC(/C=C(\N)Cl)=C(/N)Cl. The van der Waals surface area contributed by atoms with Gasteiger partial charge in [0.15, 0.2) is 0 Å². The second-order valence-electron chi connectivity index (χ2n) is 3.49. The Morgan fingerprint density at radius 3 is 2.33 bits per heavy atom. The average molecular weight is 333 g/mol. The summed E-state index contributed by atoms with van der Waals surface area (Å²) in [5.74, 6) is 0.460. The van der Waals surface area contributed by atoms with Gasteiger partial charge in [0.2, 0.25) is 0 Å².